The summed E-state index contributed by atoms with van der Waals surface area (Å²) in [6.07, 6.45) is 0. The number of carbonyl (C=O) groups is 1. The van der Waals surface area contributed by atoms with Crippen molar-refractivity contribution in [1.29, 1.82) is 0 Å². The summed E-state index contributed by atoms with van der Waals surface area (Å²) in [6, 6.07) is 11.5. The van der Waals surface area contributed by atoms with Gasteiger partial charge in [0.2, 0.25) is 10.0 Å². The van der Waals surface area contributed by atoms with Gasteiger partial charge < -0.3 is 9.30 Å². The standard InChI is InChI=1S/C19H21N3O4S2/c1-5-26-15-7-6-8-16-17(15)22(4)19(27-16)20-18(23)13-9-11-14(12-10-13)28(24,25)21(2)3/h6-12H,5H2,1-4H3. The molecule has 1 heterocycles. The van der Waals surface area contributed by atoms with Gasteiger partial charge in [0.25, 0.3) is 5.91 Å². The molecule has 0 aliphatic carbocycles. The number of amides is 1. The van der Waals surface area contributed by atoms with E-state index >= 15 is 0 Å². The molecule has 7 nitrogen and oxygen atoms in total. The minimum atomic E-state index is -3.54. The van der Waals surface area contributed by atoms with E-state index in [1.807, 2.05) is 36.7 Å². The average molecular weight is 420 g/mol. The lowest BCUT2D eigenvalue weighted by molar-refractivity contribution is 0.0998. The lowest BCUT2D eigenvalue weighted by Crippen LogP contribution is -2.22. The normalized spacial score (nSPS) is 12.7. The number of aromatic nitrogens is 1. The van der Waals surface area contributed by atoms with Crippen molar-refractivity contribution in [3.8, 4) is 5.75 Å². The third-order valence-electron chi connectivity index (χ3n) is 4.16. The lowest BCUT2D eigenvalue weighted by atomic mass is 10.2. The van der Waals surface area contributed by atoms with Gasteiger partial charge in [-0.15, -0.1) is 0 Å². The van der Waals surface area contributed by atoms with Gasteiger partial charge in [-0.05, 0) is 43.3 Å². The molecular weight excluding hydrogens is 398 g/mol. The molecule has 0 saturated heterocycles. The van der Waals surface area contributed by atoms with Gasteiger partial charge >= 0.3 is 0 Å². The third kappa shape index (κ3) is 3.73. The second-order valence-corrected chi connectivity index (χ2v) is 9.37. The van der Waals surface area contributed by atoms with Gasteiger partial charge in [-0.1, -0.05) is 17.4 Å². The molecule has 0 unspecified atom stereocenters. The first-order valence-electron chi connectivity index (χ1n) is 8.58. The van der Waals surface area contributed by atoms with Crippen LogP contribution < -0.4 is 9.54 Å². The Labute approximate surface area is 167 Å². The van der Waals surface area contributed by atoms with E-state index in [9.17, 15) is 13.2 Å². The summed E-state index contributed by atoms with van der Waals surface area (Å²) in [7, 11) is 1.22. The summed E-state index contributed by atoms with van der Waals surface area (Å²) in [4.78, 5) is 17.5. The molecule has 2 aromatic carbocycles. The zero-order valence-electron chi connectivity index (χ0n) is 16.0. The zero-order chi connectivity index (χ0) is 20.5. The van der Waals surface area contributed by atoms with E-state index in [2.05, 4.69) is 4.99 Å². The number of sulfonamides is 1. The van der Waals surface area contributed by atoms with Crippen LogP contribution in [0.15, 0.2) is 52.4 Å². The molecule has 28 heavy (non-hydrogen) atoms. The van der Waals surface area contributed by atoms with E-state index in [0.29, 0.717) is 17.0 Å². The van der Waals surface area contributed by atoms with Gasteiger partial charge in [0.1, 0.15) is 11.3 Å². The molecule has 0 bridgehead atoms. The Morgan fingerprint density at radius 3 is 2.46 bits per heavy atom. The van der Waals surface area contributed by atoms with Crippen LogP contribution in [0.2, 0.25) is 0 Å². The van der Waals surface area contributed by atoms with Crippen LogP contribution in [0.4, 0.5) is 0 Å². The highest BCUT2D eigenvalue weighted by Gasteiger charge is 2.17. The maximum atomic E-state index is 12.6. The van der Waals surface area contributed by atoms with Crippen molar-refractivity contribution in [3.05, 3.63) is 52.8 Å². The van der Waals surface area contributed by atoms with E-state index in [4.69, 9.17) is 4.74 Å². The van der Waals surface area contributed by atoms with Crippen molar-refractivity contribution >= 4 is 37.5 Å². The number of carbonyl (C=O) groups excluding carboxylic acids is 1. The number of hydrogen-bond acceptors (Lipinski definition) is 5. The molecule has 0 N–H and O–H groups in total. The first-order chi connectivity index (χ1) is 13.3. The Morgan fingerprint density at radius 2 is 1.86 bits per heavy atom. The number of ether oxygens (including phenoxy) is 1. The summed E-state index contributed by atoms with van der Waals surface area (Å²) < 4.78 is 33.9. The predicted octanol–water partition coefficient (Wildman–Crippen LogP) is 2.63. The van der Waals surface area contributed by atoms with Crippen LogP contribution >= 0.6 is 11.3 Å². The van der Waals surface area contributed by atoms with E-state index in [1.54, 1.807) is 0 Å². The number of fused-ring (bicyclic) bond motifs is 1. The molecule has 0 saturated carbocycles. The summed E-state index contributed by atoms with van der Waals surface area (Å²) in [6.45, 7) is 2.46. The van der Waals surface area contributed by atoms with E-state index in [0.717, 1.165) is 20.3 Å². The van der Waals surface area contributed by atoms with Crippen LogP contribution in [0.1, 0.15) is 17.3 Å². The highest BCUT2D eigenvalue weighted by Crippen LogP contribution is 2.26. The topological polar surface area (TPSA) is 81.0 Å². The SMILES string of the molecule is CCOc1cccc2sc(=NC(=O)c3ccc(S(=O)(=O)N(C)C)cc3)n(C)c12. The summed E-state index contributed by atoms with van der Waals surface area (Å²) in [5.41, 5.74) is 1.20. The first kappa shape index (κ1) is 20.2. The number of nitrogens with zero attached hydrogens (tertiary/aromatic N) is 3. The fourth-order valence-electron chi connectivity index (χ4n) is 2.68. The Morgan fingerprint density at radius 1 is 1.18 bits per heavy atom. The van der Waals surface area contributed by atoms with Crippen LogP contribution in [-0.4, -0.2) is 43.9 Å². The molecule has 0 aliphatic rings. The van der Waals surface area contributed by atoms with Crippen molar-refractivity contribution in [2.45, 2.75) is 11.8 Å². The molecule has 0 aliphatic heterocycles. The van der Waals surface area contributed by atoms with Gasteiger partial charge in [-0.3, -0.25) is 4.79 Å². The number of hydrogen-bond donors (Lipinski definition) is 0. The molecule has 0 spiro atoms. The fraction of sp³-hybridized carbons (Fsp3) is 0.263. The minimum Gasteiger partial charge on any atom is -0.492 e. The van der Waals surface area contributed by atoms with Gasteiger partial charge in [0, 0.05) is 26.7 Å². The Bertz CT molecular complexity index is 1190. The summed E-state index contributed by atoms with van der Waals surface area (Å²) in [5.74, 6) is 0.305. The van der Waals surface area contributed by atoms with Crippen LogP contribution in [0.25, 0.3) is 10.2 Å². The molecule has 9 heteroatoms. The largest absolute Gasteiger partial charge is 0.492 e. The Kier molecular flexibility index (Phi) is 5.69. The second kappa shape index (κ2) is 7.86. The van der Waals surface area contributed by atoms with Crippen molar-refractivity contribution in [3.63, 3.8) is 0 Å². The molecule has 0 radical (unpaired) electrons. The molecule has 3 rings (SSSR count). The molecule has 1 aromatic heterocycles. The highest BCUT2D eigenvalue weighted by molar-refractivity contribution is 7.89. The van der Waals surface area contributed by atoms with E-state index in [-0.39, 0.29) is 4.90 Å². The molecule has 148 valence electrons. The maximum absolute atomic E-state index is 12.6. The van der Waals surface area contributed by atoms with Crippen molar-refractivity contribution < 1.29 is 17.9 Å². The molecule has 1 amide bonds. The molecular formula is C19H21N3O4S2. The van der Waals surface area contributed by atoms with Crippen LogP contribution in [0, 0.1) is 0 Å². The number of rotatable bonds is 5. The summed E-state index contributed by atoms with van der Waals surface area (Å²) in [5, 5.41) is 0. The predicted molar refractivity (Wildman–Crippen MR) is 109 cm³/mol. The quantitative estimate of drug-likeness (QED) is 0.637. The van der Waals surface area contributed by atoms with E-state index in [1.165, 1.54) is 49.7 Å². The second-order valence-electron chi connectivity index (χ2n) is 6.21. The maximum Gasteiger partial charge on any atom is 0.279 e. The van der Waals surface area contributed by atoms with Crippen LogP contribution in [0.3, 0.4) is 0 Å². The number of benzene rings is 2. The summed E-state index contributed by atoms with van der Waals surface area (Å²) >= 11 is 1.39. The molecule has 0 fully saturated rings. The highest BCUT2D eigenvalue weighted by atomic mass is 32.2. The number of aryl methyl sites for hydroxylation is 1. The number of para-hydroxylation sites is 1. The monoisotopic (exact) mass is 419 g/mol. The van der Waals surface area contributed by atoms with Crippen molar-refractivity contribution in [1.82, 2.24) is 8.87 Å². The van der Waals surface area contributed by atoms with Gasteiger partial charge in [-0.25, -0.2) is 12.7 Å². The smallest absolute Gasteiger partial charge is 0.279 e. The first-order valence-corrected chi connectivity index (χ1v) is 10.8. The molecule has 3 aromatic rings. The third-order valence-corrected chi connectivity index (χ3v) is 7.09. The lowest BCUT2D eigenvalue weighted by Gasteiger charge is -2.11. The zero-order valence-corrected chi connectivity index (χ0v) is 17.7. The van der Waals surface area contributed by atoms with Crippen molar-refractivity contribution in [2.75, 3.05) is 20.7 Å². The minimum absolute atomic E-state index is 0.128. The Balaban J connectivity index is 1.99. The van der Waals surface area contributed by atoms with Gasteiger partial charge in [-0.2, -0.15) is 4.99 Å². The van der Waals surface area contributed by atoms with E-state index < -0.39 is 15.9 Å². The van der Waals surface area contributed by atoms with Crippen LogP contribution in [0.5, 0.6) is 5.75 Å². The van der Waals surface area contributed by atoms with Gasteiger partial charge in [0.05, 0.1) is 16.2 Å². The Hall–Kier alpha value is -2.49. The molecule has 0 atom stereocenters. The average Bonchev–Trinajstić information content (AvgIpc) is 2.98. The number of thiazole rings is 1. The fourth-order valence-corrected chi connectivity index (χ4v) is 4.62. The van der Waals surface area contributed by atoms with Crippen molar-refractivity contribution in [2.24, 2.45) is 12.0 Å². The van der Waals surface area contributed by atoms with Crippen LogP contribution in [-0.2, 0) is 17.1 Å². The van der Waals surface area contributed by atoms with Gasteiger partial charge in [0.15, 0.2) is 4.80 Å².